The molecule has 8 heavy (non-hydrogen) atoms. The molecule has 1 atom stereocenters. The average Bonchev–Trinajstić information content (AvgIpc) is 1.98. The number of allylic oxidation sites excluding steroid dienone is 3. The monoisotopic (exact) mass is 169 g/mol. The van der Waals surface area contributed by atoms with E-state index in [2.05, 4.69) is 25.6 Å². The molecule has 1 heteroatoms. The van der Waals surface area contributed by atoms with Crippen molar-refractivity contribution in [2.75, 3.05) is 0 Å². The van der Waals surface area contributed by atoms with Crippen molar-refractivity contribution >= 4 is 15.8 Å². The van der Waals surface area contributed by atoms with E-state index in [4.69, 9.17) is 0 Å². The first-order valence-electron chi connectivity index (χ1n) is 2.75. The van der Waals surface area contributed by atoms with Gasteiger partial charge in [0.15, 0.2) is 0 Å². The van der Waals surface area contributed by atoms with Crippen molar-refractivity contribution < 1.29 is 0 Å². The van der Waals surface area contributed by atoms with E-state index >= 15 is 0 Å². The molecule has 1 heterocycles. The second-order valence-electron chi connectivity index (χ2n) is 2.12. The summed E-state index contributed by atoms with van der Waals surface area (Å²) in [5.41, 5.74) is 2.88. The van der Waals surface area contributed by atoms with Crippen molar-refractivity contribution in [2.45, 2.75) is 20.8 Å². The summed E-state index contributed by atoms with van der Waals surface area (Å²) in [6.45, 7) is 6.56. The average molecular weight is 169 g/mol. The van der Waals surface area contributed by atoms with Crippen molar-refractivity contribution in [1.29, 1.82) is 0 Å². The Bertz CT molecular complexity index is 158. The zero-order valence-corrected chi connectivity index (χ0v) is 7.60. The molecule has 0 fully saturated rings. The van der Waals surface area contributed by atoms with Gasteiger partial charge in [-0.3, -0.25) is 0 Å². The van der Waals surface area contributed by atoms with Gasteiger partial charge in [-0.2, -0.15) is 0 Å². The maximum atomic E-state index is 3.39. The van der Waals surface area contributed by atoms with Crippen LogP contribution >= 0.6 is 0 Å². The molecule has 0 aromatic rings. The van der Waals surface area contributed by atoms with Crippen LogP contribution in [-0.2, 0) is 0 Å². The number of hydrogen-bond acceptors (Lipinski definition) is 0. The van der Waals surface area contributed by atoms with Crippen LogP contribution in [0.2, 0.25) is 0 Å². The molecule has 0 saturated heterocycles. The summed E-state index contributed by atoms with van der Waals surface area (Å²) in [6.07, 6.45) is 0. The Hall–Kier alpha value is 0.0384. The fourth-order valence-corrected chi connectivity index (χ4v) is 2.62. The molecule has 0 saturated carbocycles. The maximum absolute atomic E-state index is 3.39. The van der Waals surface area contributed by atoms with Gasteiger partial charge in [-0.05, 0) is 0 Å². The summed E-state index contributed by atoms with van der Waals surface area (Å²) in [5.74, 6) is 0. The van der Waals surface area contributed by atoms with Crippen LogP contribution in [0.4, 0.5) is 0 Å². The summed E-state index contributed by atoms with van der Waals surface area (Å²) in [5, 5.41) is 0. The first-order chi connectivity index (χ1) is 3.72. The Morgan fingerprint density at radius 2 is 1.88 bits per heavy atom. The molecular weight excluding hydrogens is 159 g/mol. The molecular formula is C7H10As. The molecule has 0 aromatic carbocycles. The van der Waals surface area contributed by atoms with Crippen LogP contribution in [0.5, 0.6) is 0 Å². The topological polar surface area (TPSA) is 0 Å². The van der Waals surface area contributed by atoms with Gasteiger partial charge in [0, 0.05) is 0 Å². The van der Waals surface area contributed by atoms with Gasteiger partial charge in [-0.25, -0.2) is 0 Å². The fourth-order valence-electron chi connectivity index (χ4n) is 0.656. The van der Waals surface area contributed by atoms with Crippen LogP contribution in [0.25, 0.3) is 0 Å². The minimum absolute atomic E-state index is 0.0741. The van der Waals surface area contributed by atoms with Crippen LogP contribution in [0.3, 0.4) is 0 Å². The van der Waals surface area contributed by atoms with Crippen molar-refractivity contribution in [3.05, 3.63) is 20.4 Å². The molecule has 0 aliphatic carbocycles. The molecule has 1 aliphatic heterocycles. The zero-order chi connectivity index (χ0) is 6.15. The molecule has 1 rings (SSSR count). The van der Waals surface area contributed by atoms with Gasteiger partial charge >= 0.3 is 56.9 Å². The molecule has 0 amide bonds. The zero-order valence-electron chi connectivity index (χ0n) is 5.50. The van der Waals surface area contributed by atoms with E-state index in [0.717, 1.165) is 0 Å². The quantitative estimate of drug-likeness (QED) is 0.481. The molecule has 0 spiro atoms. The van der Waals surface area contributed by atoms with Crippen LogP contribution in [0, 0.1) is 4.86 Å². The Kier molecular flexibility index (Phi) is 1.62. The Labute approximate surface area is 57.4 Å². The van der Waals surface area contributed by atoms with E-state index in [9.17, 15) is 0 Å². The summed E-state index contributed by atoms with van der Waals surface area (Å²) in [6, 6.07) is 0. The normalized spacial score (nSPS) is 22.6. The summed E-state index contributed by atoms with van der Waals surface area (Å²) < 4.78 is 1.60. The van der Waals surface area contributed by atoms with Gasteiger partial charge in [0.25, 0.3) is 0 Å². The Balaban J connectivity index is 2.88. The summed E-state index contributed by atoms with van der Waals surface area (Å²) in [7, 11) is 0. The molecule has 0 nitrogen and oxygen atoms in total. The van der Waals surface area contributed by atoms with Gasteiger partial charge in [0.05, 0.1) is 0 Å². The standard InChI is InChI=1S/C7H10As/c1-5-4-8-7(3)6(5)2/h8H,1-3H3. The first kappa shape index (κ1) is 6.16. The van der Waals surface area contributed by atoms with E-state index in [-0.39, 0.29) is 15.8 Å². The summed E-state index contributed by atoms with van der Waals surface area (Å²) in [4.78, 5) is 3.39. The van der Waals surface area contributed by atoms with Gasteiger partial charge in [-0.15, -0.1) is 0 Å². The van der Waals surface area contributed by atoms with E-state index in [1.54, 1.807) is 4.36 Å². The third-order valence-corrected chi connectivity index (χ3v) is 4.19. The van der Waals surface area contributed by atoms with Crippen molar-refractivity contribution in [3.63, 3.8) is 0 Å². The van der Waals surface area contributed by atoms with E-state index in [1.807, 2.05) is 0 Å². The third kappa shape index (κ3) is 0.902. The van der Waals surface area contributed by atoms with Crippen LogP contribution in [0.1, 0.15) is 20.8 Å². The van der Waals surface area contributed by atoms with Crippen LogP contribution in [-0.4, -0.2) is 15.8 Å². The predicted octanol–water partition coefficient (Wildman–Crippen LogP) is 1.44. The van der Waals surface area contributed by atoms with Crippen LogP contribution in [0.15, 0.2) is 15.5 Å². The van der Waals surface area contributed by atoms with E-state index in [0.29, 0.717) is 0 Å². The molecule has 1 aliphatic rings. The number of rotatable bonds is 0. The van der Waals surface area contributed by atoms with E-state index in [1.165, 1.54) is 11.1 Å². The second-order valence-corrected chi connectivity index (χ2v) is 4.75. The molecule has 1 radical (unpaired) electrons. The number of hydrogen-bond donors (Lipinski definition) is 0. The minimum atomic E-state index is 0.0741. The van der Waals surface area contributed by atoms with Crippen LogP contribution < -0.4 is 0 Å². The van der Waals surface area contributed by atoms with E-state index < -0.39 is 0 Å². The molecule has 0 aromatic heterocycles. The predicted molar refractivity (Wildman–Crippen MR) is 38.0 cm³/mol. The molecule has 0 N–H and O–H groups in total. The van der Waals surface area contributed by atoms with Gasteiger partial charge < -0.3 is 0 Å². The SMILES string of the molecule is CC1=[C][AsH]C(C)=C1C. The van der Waals surface area contributed by atoms with Crippen molar-refractivity contribution in [3.8, 4) is 0 Å². The molecule has 0 bridgehead atoms. The van der Waals surface area contributed by atoms with Gasteiger partial charge in [-0.1, -0.05) is 0 Å². The van der Waals surface area contributed by atoms with Crippen molar-refractivity contribution in [1.82, 2.24) is 0 Å². The Morgan fingerprint density at radius 1 is 1.25 bits per heavy atom. The fraction of sp³-hybridized carbons (Fsp3) is 0.429. The second kappa shape index (κ2) is 2.11. The Morgan fingerprint density at radius 3 is 2.00 bits per heavy atom. The van der Waals surface area contributed by atoms with Crippen molar-refractivity contribution in [2.24, 2.45) is 0 Å². The van der Waals surface area contributed by atoms with Gasteiger partial charge in [0.1, 0.15) is 0 Å². The summed E-state index contributed by atoms with van der Waals surface area (Å²) >= 11 is 0.0741. The third-order valence-electron chi connectivity index (χ3n) is 1.56. The molecule has 1 unspecified atom stereocenters. The van der Waals surface area contributed by atoms with Gasteiger partial charge in [0.2, 0.25) is 0 Å². The first-order valence-corrected chi connectivity index (χ1v) is 4.85. The molecule has 43 valence electrons.